The summed E-state index contributed by atoms with van der Waals surface area (Å²) in [5.41, 5.74) is 6.90. The van der Waals surface area contributed by atoms with Crippen molar-refractivity contribution in [3.8, 4) is 0 Å². The average Bonchev–Trinajstić information content (AvgIpc) is 2.85. The topological polar surface area (TPSA) is 116 Å². The van der Waals surface area contributed by atoms with Gasteiger partial charge in [-0.05, 0) is 47.4 Å². The van der Waals surface area contributed by atoms with Crippen molar-refractivity contribution in [1.29, 1.82) is 0 Å². The molecule has 0 saturated heterocycles. The average molecular weight is 495 g/mol. The molecule has 182 valence electrons. The quantitative estimate of drug-likeness (QED) is 0.283. The molecule has 0 aliphatic heterocycles. The van der Waals surface area contributed by atoms with Gasteiger partial charge in [0.05, 0.1) is 6.04 Å². The number of benzene rings is 3. The fourth-order valence-corrected chi connectivity index (χ4v) is 3.82. The molecular formula is C26H27ClN4O4. The summed E-state index contributed by atoms with van der Waals surface area (Å²) in [6.07, 6.45) is 0.273. The number of carbonyl (C=O) groups is 4. The molecule has 3 aromatic carbocycles. The van der Waals surface area contributed by atoms with Crippen LogP contribution in [0.4, 0.5) is 5.69 Å². The van der Waals surface area contributed by atoms with E-state index >= 15 is 0 Å². The second-order valence-corrected chi connectivity index (χ2v) is 8.31. The van der Waals surface area contributed by atoms with Crippen molar-refractivity contribution in [2.45, 2.75) is 32.7 Å². The van der Waals surface area contributed by atoms with Gasteiger partial charge in [0.15, 0.2) is 0 Å². The third-order valence-electron chi connectivity index (χ3n) is 5.40. The van der Waals surface area contributed by atoms with Crippen LogP contribution in [0.1, 0.15) is 47.8 Å². The SMILES string of the molecule is CC(=O)Nc1ccc(CCC(=O)NNC(=O)CCl)c(C(=O)NC(C)c2cccc3ccccc23)c1. The fourth-order valence-electron chi connectivity index (χ4n) is 3.75. The molecule has 1 atom stereocenters. The normalized spacial score (nSPS) is 11.4. The van der Waals surface area contributed by atoms with Crippen molar-refractivity contribution in [2.24, 2.45) is 0 Å². The minimum Gasteiger partial charge on any atom is -0.345 e. The molecule has 0 radical (unpaired) electrons. The first-order valence-corrected chi connectivity index (χ1v) is 11.6. The summed E-state index contributed by atoms with van der Waals surface area (Å²) in [7, 11) is 0. The van der Waals surface area contributed by atoms with Gasteiger partial charge in [-0.3, -0.25) is 30.0 Å². The number of hydrazine groups is 1. The number of amides is 4. The van der Waals surface area contributed by atoms with Crippen LogP contribution >= 0.6 is 11.6 Å². The smallest absolute Gasteiger partial charge is 0.253 e. The maximum absolute atomic E-state index is 13.3. The van der Waals surface area contributed by atoms with Crippen LogP contribution in [0.25, 0.3) is 10.8 Å². The third kappa shape index (κ3) is 7.04. The summed E-state index contributed by atoms with van der Waals surface area (Å²) in [6, 6.07) is 18.6. The highest BCUT2D eigenvalue weighted by molar-refractivity contribution is 6.27. The van der Waals surface area contributed by atoms with Crippen molar-refractivity contribution < 1.29 is 19.2 Å². The first-order valence-electron chi connectivity index (χ1n) is 11.1. The first kappa shape index (κ1) is 25.7. The Bertz CT molecular complexity index is 1260. The van der Waals surface area contributed by atoms with Crippen LogP contribution in [0.5, 0.6) is 0 Å². The molecule has 0 saturated carbocycles. The summed E-state index contributed by atoms with van der Waals surface area (Å²) < 4.78 is 0. The second-order valence-electron chi connectivity index (χ2n) is 8.05. The zero-order valence-electron chi connectivity index (χ0n) is 19.5. The fraction of sp³-hybridized carbons (Fsp3) is 0.231. The Morgan fingerprint density at radius 3 is 2.37 bits per heavy atom. The Kier molecular flexibility index (Phi) is 8.80. The number of rotatable bonds is 8. The zero-order valence-corrected chi connectivity index (χ0v) is 20.2. The van der Waals surface area contributed by atoms with Crippen LogP contribution < -0.4 is 21.5 Å². The van der Waals surface area contributed by atoms with Gasteiger partial charge in [0.25, 0.3) is 11.8 Å². The van der Waals surface area contributed by atoms with Gasteiger partial charge in [0, 0.05) is 24.6 Å². The predicted molar refractivity (Wildman–Crippen MR) is 136 cm³/mol. The Hall–Kier alpha value is -3.91. The lowest BCUT2D eigenvalue weighted by atomic mass is 9.98. The largest absolute Gasteiger partial charge is 0.345 e. The molecule has 0 heterocycles. The molecule has 0 aliphatic carbocycles. The summed E-state index contributed by atoms with van der Waals surface area (Å²) in [5, 5.41) is 7.84. The molecule has 0 aliphatic rings. The number of halogens is 1. The van der Waals surface area contributed by atoms with Crippen LogP contribution in [-0.2, 0) is 20.8 Å². The Morgan fingerprint density at radius 2 is 1.63 bits per heavy atom. The number of fused-ring (bicyclic) bond motifs is 1. The molecule has 3 rings (SSSR count). The zero-order chi connectivity index (χ0) is 25.4. The number of hydrogen-bond acceptors (Lipinski definition) is 4. The van der Waals surface area contributed by atoms with E-state index in [1.807, 2.05) is 49.4 Å². The Balaban J connectivity index is 1.80. The van der Waals surface area contributed by atoms with E-state index in [1.165, 1.54) is 6.92 Å². The predicted octanol–water partition coefficient (Wildman–Crippen LogP) is 3.61. The van der Waals surface area contributed by atoms with Gasteiger partial charge in [0.2, 0.25) is 11.8 Å². The molecular weight excluding hydrogens is 468 g/mol. The van der Waals surface area contributed by atoms with Gasteiger partial charge in [-0.15, -0.1) is 11.6 Å². The molecule has 0 aromatic heterocycles. The number of alkyl halides is 1. The van der Waals surface area contributed by atoms with Gasteiger partial charge < -0.3 is 10.6 Å². The van der Waals surface area contributed by atoms with Gasteiger partial charge >= 0.3 is 0 Å². The van der Waals surface area contributed by atoms with Gasteiger partial charge in [-0.1, -0.05) is 48.5 Å². The van der Waals surface area contributed by atoms with Gasteiger partial charge in [0.1, 0.15) is 5.88 Å². The standard InChI is InChI=1S/C26H27ClN4O4/c1-16(21-9-5-7-18-6-3-4-8-22(18)21)28-26(35)23-14-20(29-17(2)32)12-10-19(23)11-13-24(33)30-31-25(34)15-27/h3-10,12,14,16H,11,13,15H2,1-2H3,(H,28,35)(H,29,32)(H,30,33)(H,31,34). The summed E-state index contributed by atoms with van der Waals surface area (Å²) in [5.74, 6) is -1.82. The highest BCUT2D eigenvalue weighted by Gasteiger charge is 2.18. The van der Waals surface area contributed by atoms with Crippen LogP contribution in [0, 0.1) is 0 Å². The van der Waals surface area contributed by atoms with E-state index in [2.05, 4.69) is 21.5 Å². The number of carbonyl (C=O) groups excluding carboxylic acids is 4. The number of anilines is 1. The number of nitrogens with one attached hydrogen (secondary N) is 4. The molecule has 0 bridgehead atoms. The van der Waals surface area contributed by atoms with E-state index in [-0.39, 0.29) is 36.6 Å². The highest BCUT2D eigenvalue weighted by Crippen LogP contribution is 2.25. The summed E-state index contributed by atoms with van der Waals surface area (Å²) in [6.45, 7) is 3.29. The maximum Gasteiger partial charge on any atom is 0.253 e. The molecule has 35 heavy (non-hydrogen) atoms. The first-order chi connectivity index (χ1) is 16.8. The van der Waals surface area contributed by atoms with Crippen molar-refractivity contribution >= 4 is 51.7 Å². The van der Waals surface area contributed by atoms with Gasteiger partial charge in [-0.2, -0.15) is 0 Å². The van der Waals surface area contributed by atoms with E-state index in [9.17, 15) is 19.2 Å². The van der Waals surface area contributed by atoms with Crippen molar-refractivity contribution in [2.75, 3.05) is 11.2 Å². The molecule has 4 N–H and O–H groups in total. The van der Waals surface area contributed by atoms with Crippen LogP contribution in [0.2, 0.25) is 0 Å². The van der Waals surface area contributed by atoms with Gasteiger partial charge in [-0.25, -0.2) is 0 Å². The molecule has 8 nitrogen and oxygen atoms in total. The maximum atomic E-state index is 13.3. The summed E-state index contributed by atoms with van der Waals surface area (Å²) in [4.78, 5) is 48.2. The Labute approximate surface area is 208 Å². The molecule has 1 unspecified atom stereocenters. The molecule has 4 amide bonds. The minimum atomic E-state index is -0.526. The monoisotopic (exact) mass is 494 g/mol. The van der Waals surface area contributed by atoms with E-state index < -0.39 is 11.8 Å². The molecule has 3 aromatic rings. The lowest BCUT2D eigenvalue weighted by Gasteiger charge is -2.19. The lowest BCUT2D eigenvalue weighted by Crippen LogP contribution is -2.42. The van der Waals surface area contributed by atoms with Crippen molar-refractivity contribution in [1.82, 2.24) is 16.2 Å². The molecule has 0 spiro atoms. The van der Waals surface area contributed by atoms with E-state index in [0.29, 0.717) is 16.8 Å². The molecule has 0 fully saturated rings. The van der Waals surface area contributed by atoms with Crippen molar-refractivity contribution in [3.05, 3.63) is 77.4 Å². The lowest BCUT2D eigenvalue weighted by molar-refractivity contribution is -0.127. The van der Waals surface area contributed by atoms with Crippen LogP contribution in [0.3, 0.4) is 0 Å². The number of hydrogen-bond donors (Lipinski definition) is 4. The summed E-state index contributed by atoms with van der Waals surface area (Å²) >= 11 is 5.39. The van der Waals surface area contributed by atoms with Crippen molar-refractivity contribution in [3.63, 3.8) is 0 Å². The van der Waals surface area contributed by atoms with E-state index in [1.54, 1.807) is 18.2 Å². The Morgan fingerprint density at radius 1 is 0.914 bits per heavy atom. The minimum absolute atomic E-state index is 0.0290. The van der Waals surface area contributed by atoms with Crippen LogP contribution in [-0.4, -0.2) is 29.5 Å². The number of aryl methyl sites for hydroxylation is 1. The highest BCUT2D eigenvalue weighted by atomic mass is 35.5. The third-order valence-corrected chi connectivity index (χ3v) is 5.64. The van der Waals surface area contributed by atoms with Crippen LogP contribution in [0.15, 0.2) is 60.7 Å². The van der Waals surface area contributed by atoms with E-state index in [0.717, 1.165) is 16.3 Å². The second kappa shape index (κ2) is 12.0. The molecule has 9 heteroatoms. The van der Waals surface area contributed by atoms with E-state index in [4.69, 9.17) is 11.6 Å².